The van der Waals surface area contributed by atoms with Crippen molar-refractivity contribution in [3.8, 4) is 0 Å². The van der Waals surface area contributed by atoms with E-state index in [1.807, 2.05) is 0 Å². The highest BCUT2D eigenvalue weighted by molar-refractivity contribution is 4.97. The highest BCUT2D eigenvalue weighted by Crippen LogP contribution is 2.28. The molecule has 0 aromatic rings. The minimum absolute atomic E-state index is 0.575. The Morgan fingerprint density at radius 2 is 2.16 bits per heavy atom. The van der Waals surface area contributed by atoms with Gasteiger partial charge < -0.3 is 10.1 Å². The van der Waals surface area contributed by atoms with Gasteiger partial charge in [-0.1, -0.05) is 6.92 Å². The molecular formula is C15H29N3O. The summed E-state index contributed by atoms with van der Waals surface area (Å²) in [4.78, 5) is 5.44. The topological polar surface area (TPSA) is 27.7 Å². The highest BCUT2D eigenvalue weighted by Gasteiger charge is 2.40. The van der Waals surface area contributed by atoms with Crippen LogP contribution in [0.2, 0.25) is 0 Å². The zero-order chi connectivity index (χ0) is 13.2. The van der Waals surface area contributed by atoms with E-state index in [0.29, 0.717) is 18.1 Å². The number of fused-ring (bicyclic) bond motifs is 1. The SMILES string of the molecule is CCNC1CCOCC1N1CC2CCCN2CC1C. The fraction of sp³-hybridized carbons (Fsp3) is 1.00. The molecule has 19 heavy (non-hydrogen) atoms. The summed E-state index contributed by atoms with van der Waals surface area (Å²) in [6, 6.07) is 2.67. The van der Waals surface area contributed by atoms with Crippen molar-refractivity contribution in [2.45, 2.75) is 57.3 Å². The Hall–Kier alpha value is -0.160. The monoisotopic (exact) mass is 267 g/mol. The quantitative estimate of drug-likeness (QED) is 0.823. The third-order valence-corrected chi connectivity index (χ3v) is 5.20. The van der Waals surface area contributed by atoms with Gasteiger partial charge in [-0.25, -0.2) is 0 Å². The maximum absolute atomic E-state index is 5.78. The first-order chi connectivity index (χ1) is 9.29. The average molecular weight is 267 g/mol. The lowest BCUT2D eigenvalue weighted by Crippen LogP contribution is -2.64. The van der Waals surface area contributed by atoms with Gasteiger partial charge in [0.15, 0.2) is 0 Å². The summed E-state index contributed by atoms with van der Waals surface area (Å²) in [6.45, 7) is 11.3. The normalized spacial score (nSPS) is 41.4. The molecule has 3 aliphatic rings. The number of rotatable bonds is 3. The van der Waals surface area contributed by atoms with E-state index in [9.17, 15) is 0 Å². The fourth-order valence-electron chi connectivity index (χ4n) is 4.22. The second kappa shape index (κ2) is 6.08. The minimum Gasteiger partial charge on any atom is -0.380 e. The Kier molecular flexibility index (Phi) is 4.42. The van der Waals surface area contributed by atoms with E-state index in [1.165, 1.54) is 32.5 Å². The number of nitrogens with zero attached hydrogens (tertiary/aromatic N) is 2. The fourth-order valence-corrected chi connectivity index (χ4v) is 4.22. The summed E-state index contributed by atoms with van der Waals surface area (Å²) in [5.74, 6) is 0. The molecule has 0 amide bonds. The molecule has 4 nitrogen and oxygen atoms in total. The van der Waals surface area contributed by atoms with Crippen molar-refractivity contribution >= 4 is 0 Å². The predicted octanol–water partition coefficient (Wildman–Crippen LogP) is 0.922. The van der Waals surface area contributed by atoms with Gasteiger partial charge >= 0.3 is 0 Å². The van der Waals surface area contributed by atoms with E-state index in [0.717, 1.165) is 32.2 Å². The Bertz CT molecular complexity index is 297. The van der Waals surface area contributed by atoms with Crippen LogP contribution in [0.4, 0.5) is 0 Å². The number of ether oxygens (including phenoxy) is 1. The molecular weight excluding hydrogens is 238 g/mol. The summed E-state index contributed by atoms with van der Waals surface area (Å²) >= 11 is 0. The molecule has 0 bridgehead atoms. The molecule has 110 valence electrons. The van der Waals surface area contributed by atoms with Crippen LogP contribution in [0.1, 0.15) is 33.1 Å². The lowest BCUT2D eigenvalue weighted by molar-refractivity contribution is -0.0488. The van der Waals surface area contributed by atoms with Crippen LogP contribution in [0.3, 0.4) is 0 Å². The summed E-state index contributed by atoms with van der Waals surface area (Å²) in [7, 11) is 0. The molecule has 0 aromatic heterocycles. The van der Waals surface area contributed by atoms with Crippen LogP contribution in [0, 0.1) is 0 Å². The first kappa shape index (κ1) is 13.8. The molecule has 4 heteroatoms. The van der Waals surface area contributed by atoms with Gasteiger partial charge in [-0.3, -0.25) is 9.80 Å². The number of hydrogen-bond acceptors (Lipinski definition) is 4. The third kappa shape index (κ3) is 2.82. The molecule has 3 saturated heterocycles. The Labute approximate surface area is 117 Å². The summed E-state index contributed by atoms with van der Waals surface area (Å²) in [5.41, 5.74) is 0. The van der Waals surface area contributed by atoms with Crippen molar-refractivity contribution < 1.29 is 4.74 Å². The maximum atomic E-state index is 5.78. The zero-order valence-corrected chi connectivity index (χ0v) is 12.5. The van der Waals surface area contributed by atoms with Crippen LogP contribution in [-0.4, -0.2) is 73.4 Å². The number of hydrogen-bond donors (Lipinski definition) is 1. The zero-order valence-electron chi connectivity index (χ0n) is 12.5. The van der Waals surface area contributed by atoms with Crippen molar-refractivity contribution in [2.24, 2.45) is 0 Å². The largest absolute Gasteiger partial charge is 0.380 e. The van der Waals surface area contributed by atoms with Gasteiger partial charge in [0.05, 0.1) is 6.61 Å². The van der Waals surface area contributed by atoms with Crippen LogP contribution in [-0.2, 0) is 4.74 Å². The Balaban J connectivity index is 1.68. The molecule has 0 aromatic carbocycles. The average Bonchev–Trinajstić information content (AvgIpc) is 2.86. The van der Waals surface area contributed by atoms with Crippen LogP contribution in [0.5, 0.6) is 0 Å². The molecule has 3 aliphatic heterocycles. The molecule has 0 spiro atoms. The van der Waals surface area contributed by atoms with E-state index in [2.05, 4.69) is 29.0 Å². The van der Waals surface area contributed by atoms with Crippen LogP contribution in [0.15, 0.2) is 0 Å². The minimum atomic E-state index is 0.575. The molecule has 0 saturated carbocycles. The molecule has 3 rings (SSSR count). The lowest BCUT2D eigenvalue weighted by Gasteiger charge is -2.49. The molecule has 4 atom stereocenters. The van der Waals surface area contributed by atoms with Crippen molar-refractivity contribution in [1.82, 2.24) is 15.1 Å². The Morgan fingerprint density at radius 1 is 1.26 bits per heavy atom. The molecule has 4 unspecified atom stereocenters. The first-order valence-electron chi connectivity index (χ1n) is 8.10. The van der Waals surface area contributed by atoms with Gasteiger partial charge in [-0.15, -0.1) is 0 Å². The molecule has 3 fully saturated rings. The van der Waals surface area contributed by atoms with Crippen molar-refractivity contribution in [3.05, 3.63) is 0 Å². The smallest absolute Gasteiger partial charge is 0.0637 e. The summed E-state index contributed by atoms with van der Waals surface area (Å²) in [5, 5.41) is 3.68. The summed E-state index contributed by atoms with van der Waals surface area (Å²) in [6.07, 6.45) is 3.95. The van der Waals surface area contributed by atoms with Gasteiger partial charge in [0.25, 0.3) is 0 Å². The van der Waals surface area contributed by atoms with Gasteiger partial charge in [0, 0.05) is 43.9 Å². The van der Waals surface area contributed by atoms with E-state index in [4.69, 9.17) is 4.74 Å². The lowest BCUT2D eigenvalue weighted by atomic mass is 9.97. The van der Waals surface area contributed by atoms with E-state index < -0.39 is 0 Å². The standard InChI is InChI=1S/C15H29N3O/c1-3-16-14-6-8-19-11-15(14)18-10-13-5-4-7-17(13)9-12(18)2/h12-16H,3-11H2,1-2H3. The Morgan fingerprint density at radius 3 is 3.00 bits per heavy atom. The molecule has 0 aliphatic carbocycles. The molecule has 3 heterocycles. The second-order valence-electron chi connectivity index (χ2n) is 6.43. The third-order valence-electron chi connectivity index (χ3n) is 5.20. The van der Waals surface area contributed by atoms with E-state index in [-0.39, 0.29) is 0 Å². The highest BCUT2D eigenvalue weighted by atomic mass is 16.5. The van der Waals surface area contributed by atoms with E-state index in [1.54, 1.807) is 0 Å². The number of piperazine rings is 1. The first-order valence-corrected chi connectivity index (χ1v) is 8.10. The predicted molar refractivity (Wildman–Crippen MR) is 77.5 cm³/mol. The van der Waals surface area contributed by atoms with Crippen molar-refractivity contribution in [2.75, 3.05) is 39.4 Å². The second-order valence-corrected chi connectivity index (χ2v) is 6.43. The van der Waals surface area contributed by atoms with Crippen molar-refractivity contribution in [1.29, 1.82) is 0 Å². The van der Waals surface area contributed by atoms with Gasteiger partial charge in [-0.2, -0.15) is 0 Å². The van der Waals surface area contributed by atoms with E-state index >= 15 is 0 Å². The van der Waals surface area contributed by atoms with Crippen LogP contribution in [0.25, 0.3) is 0 Å². The van der Waals surface area contributed by atoms with Crippen LogP contribution >= 0.6 is 0 Å². The number of nitrogens with one attached hydrogen (secondary N) is 1. The van der Waals surface area contributed by atoms with Crippen LogP contribution < -0.4 is 5.32 Å². The van der Waals surface area contributed by atoms with Gasteiger partial charge in [0.1, 0.15) is 0 Å². The van der Waals surface area contributed by atoms with Gasteiger partial charge in [-0.05, 0) is 39.3 Å². The van der Waals surface area contributed by atoms with Crippen molar-refractivity contribution in [3.63, 3.8) is 0 Å². The molecule has 1 N–H and O–H groups in total. The summed E-state index contributed by atoms with van der Waals surface area (Å²) < 4.78 is 5.78. The maximum Gasteiger partial charge on any atom is 0.0637 e. The number of likely N-dealkylation sites (N-methyl/N-ethyl adjacent to an activating group) is 1. The molecule has 0 radical (unpaired) electrons. The van der Waals surface area contributed by atoms with Gasteiger partial charge in [0.2, 0.25) is 0 Å².